The number of nitrogens with one attached hydrogen (secondary N) is 2. The zero-order chi connectivity index (χ0) is 26.6. The number of piperidine rings is 1. The van der Waals surface area contributed by atoms with Crippen LogP contribution in [0.4, 0.5) is 11.4 Å². The van der Waals surface area contributed by atoms with Crippen LogP contribution in [0.25, 0.3) is 11.4 Å². The Morgan fingerprint density at radius 1 is 1.19 bits per heavy atom. The van der Waals surface area contributed by atoms with Crippen molar-refractivity contribution in [3.8, 4) is 17.1 Å². The number of benzene rings is 2. The van der Waals surface area contributed by atoms with Crippen LogP contribution in [0, 0.1) is 0 Å². The number of hydrogen-bond acceptors (Lipinski definition) is 11. The number of carbonyl (C=O) groups is 1. The molecule has 0 unspecified atom stereocenters. The summed E-state index contributed by atoms with van der Waals surface area (Å²) in [5, 5.41) is 35.0. The molecule has 1 aliphatic rings. The summed E-state index contributed by atoms with van der Waals surface area (Å²) < 4.78 is 25.2. The van der Waals surface area contributed by atoms with Gasteiger partial charge in [0.25, 0.3) is 0 Å². The number of carbonyl (C=O) groups excluding carboxylic acids is 1. The minimum Gasteiger partial charge on any atom is -0.506 e. The molecule has 0 saturated carbocycles. The highest BCUT2D eigenvalue weighted by Crippen LogP contribution is 2.28. The molecule has 0 amide bonds. The van der Waals surface area contributed by atoms with Gasteiger partial charge in [-0.3, -0.25) is 4.72 Å². The predicted octanol–water partition coefficient (Wildman–Crippen LogP) is 0.684. The average molecular weight is 532 g/mol. The molecule has 4 N–H and O–H groups in total. The number of phenols is 1. The molecular weight excluding hydrogens is 502 g/mol. The SMILES string of the molecule is CC(=O)On1nnnc1-c1ccc(N2CCC(NC[C@H](O)c3ccc(O)c(NS(C)(=O)=O)c3)CC2)cc1. The lowest BCUT2D eigenvalue weighted by molar-refractivity contribution is -0.143. The summed E-state index contributed by atoms with van der Waals surface area (Å²) in [5.41, 5.74) is 2.28. The van der Waals surface area contributed by atoms with Crippen LogP contribution in [0.1, 0.15) is 31.4 Å². The van der Waals surface area contributed by atoms with Gasteiger partial charge in [0.1, 0.15) is 5.75 Å². The summed E-state index contributed by atoms with van der Waals surface area (Å²) in [4.78, 5) is 19.4. The maximum Gasteiger partial charge on any atom is 0.332 e. The molecule has 0 aliphatic carbocycles. The van der Waals surface area contributed by atoms with Crippen molar-refractivity contribution in [1.29, 1.82) is 0 Å². The molecule has 37 heavy (non-hydrogen) atoms. The van der Waals surface area contributed by atoms with E-state index in [1.165, 1.54) is 19.1 Å². The summed E-state index contributed by atoms with van der Waals surface area (Å²) in [6, 6.07) is 12.2. The first-order valence-corrected chi connectivity index (χ1v) is 13.5. The van der Waals surface area contributed by atoms with Crippen molar-refractivity contribution < 1.29 is 28.3 Å². The van der Waals surface area contributed by atoms with Crippen LogP contribution in [-0.4, -0.2) is 76.9 Å². The third-order valence-corrected chi connectivity index (χ3v) is 6.53. The molecule has 3 aromatic rings. The van der Waals surface area contributed by atoms with Crippen LogP contribution in [0.3, 0.4) is 0 Å². The molecule has 1 saturated heterocycles. The first-order chi connectivity index (χ1) is 17.6. The number of phenolic OH excluding ortho intramolecular Hbond substituents is 1. The Labute approximate surface area is 214 Å². The number of nitrogens with zero attached hydrogens (tertiary/aromatic N) is 5. The van der Waals surface area contributed by atoms with E-state index in [0.29, 0.717) is 23.5 Å². The van der Waals surface area contributed by atoms with Gasteiger partial charge < -0.3 is 25.3 Å². The predicted molar refractivity (Wildman–Crippen MR) is 135 cm³/mol. The topological polar surface area (TPSA) is 172 Å². The van der Waals surface area contributed by atoms with Gasteiger partial charge in [-0.05, 0) is 70.1 Å². The van der Waals surface area contributed by atoms with E-state index in [9.17, 15) is 23.4 Å². The summed E-state index contributed by atoms with van der Waals surface area (Å²) >= 11 is 0. The minimum absolute atomic E-state index is 0.0289. The number of aliphatic hydroxyl groups excluding tert-OH is 1. The fourth-order valence-electron chi connectivity index (χ4n) is 4.13. The molecule has 14 heteroatoms. The van der Waals surface area contributed by atoms with E-state index in [0.717, 1.165) is 42.7 Å². The molecule has 0 radical (unpaired) electrons. The van der Waals surface area contributed by atoms with Crippen molar-refractivity contribution in [3.05, 3.63) is 48.0 Å². The Balaban J connectivity index is 1.29. The quantitative estimate of drug-likeness (QED) is 0.226. The lowest BCUT2D eigenvalue weighted by Crippen LogP contribution is -2.43. The van der Waals surface area contributed by atoms with Crippen LogP contribution in [0.2, 0.25) is 0 Å². The van der Waals surface area contributed by atoms with Gasteiger partial charge in [0.15, 0.2) is 0 Å². The molecule has 0 spiro atoms. The third-order valence-electron chi connectivity index (χ3n) is 5.94. The first-order valence-electron chi connectivity index (χ1n) is 11.6. The van der Waals surface area contributed by atoms with Crippen LogP contribution < -0.4 is 19.8 Å². The number of aromatic nitrogens is 4. The van der Waals surface area contributed by atoms with Crippen molar-refractivity contribution >= 4 is 27.4 Å². The number of aliphatic hydroxyl groups is 1. The molecule has 1 atom stereocenters. The van der Waals surface area contributed by atoms with E-state index >= 15 is 0 Å². The first kappa shape index (κ1) is 26.3. The number of hydrogen-bond donors (Lipinski definition) is 4. The number of anilines is 2. The Morgan fingerprint density at radius 2 is 1.89 bits per heavy atom. The lowest BCUT2D eigenvalue weighted by Gasteiger charge is -2.34. The summed E-state index contributed by atoms with van der Waals surface area (Å²) in [7, 11) is -3.56. The van der Waals surface area contributed by atoms with E-state index in [2.05, 4.69) is 30.5 Å². The molecule has 4 rings (SSSR count). The second-order valence-electron chi connectivity index (χ2n) is 8.84. The fraction of sp³-hybridized carbons (Fsp3) is 0.391. The highest BCUT2D eigenvalue weighted by molar-refractivity contribution is 7.92. The van der Waals surface area contributed by atoms with Crippen LogP contribution in [0.15, 0.2) is 42.5 Å². The number of aromatic hydroxyl groups is 1. The highest BCUT2D eigenvalue weighted by Gasteiger charge is 2.21. The van der Waals surface area contributed by atoms with Crippen LogP contribution >= 0.6 is 0 Å². The van der Waals surface area contributed by atoms with Crippen molar-refractivity contribution in [1.82, 2.24) is 25.7 Å². The van der Waals surface area contributed by atoms with Crippen molar-refractivity contribution in [3.63, 3.8) is 0 Å². The molecular formula is C23H29N7O6S. The Bertz CT molecular complexity index is 1340. The zero-order valence-corrected chi connectivity index (χ0v) is 21.2. The van der Waals surface area contributed by atoms with Crippen molar-refractivity contribution in [2.24, 2.45) is 0 Å². The fourth-order valence-corrected chi connectivity index (χ4v) is 4.70. The van der Waals surface area contributed by atoms with Crippen LogP contribution in [-0.2, 0) is 14.8 Å². The molecule has 1 fully saturated rings. The molecule has 0 bridgehead atoms. The van der Waals surface area contributed by atoms with Crippen LogP contribution in [0.5, 0.6) is 5.75 Å². The second-order valence-corrected chi connectivity index (χ2v) is 10.6. The normalized spacial score (nSPS) is 15.4. The number of sulfonamides is 1. The van der Waals surface area contributed by atoms with Gasteiger partial charge in [-0.1, -0.05) is 6.07 Å². The third kappa shape index (κ3) is 6.93. The van der Waals surface area contributed by atoms with Gasteiger partial charge in [0.05, 0.1) is 18.0 Å². The zero-order valence-electron chi connectivity index (χ0n) is 20.4. The maximum atomic E-state index is 11.5. The molecule has 2 aromatic carbocycles. The minimum atomic E-state index is -3.56. The van der Waals surface area contributed by atoms with Gasteiger partial charge in [-0.25, -0.2) is 13.2 Å². The maximum absolute atomic E-state index is 11.5. The summed E-state index contributed by atoms with van der Waals surface area (Å²) in [6.07, 6.45) is 1.87. The van der Waals surface area contributed by atoms with E-state index in [1.54, 1.807) is 6.07 Å². The number of tetrazole rings is 1. The van der Waals surface area contributed by atoms with Gasteiger partial charge in [-0.15, -0.1) is 5.10 Å². The van der Waals surface area contributed by atoms with Gasteiger partial charge >= 0.3 is 5.97 Å². The Kier molecular flexibility index (Phi) is 7.90. The molecule has 13 nitrogen and oxygen atoms in total. The molecule has 1 aliphatic heterocycles. The summed E-state index contributed by atoms with van der Waals surface area (Å²) in [5.74, 6) is -0.403. The monoisotopic (exact) mass is 531 g/mol. The van der Waals surface area contributed by atoms with E-state index in [4.69, 9.17) is 4.84 Å². The lowest BCUT2D eigenvalue weighted by atomic mass is 10.0. The Morgan fingerprint density at radius 3 is 2.54 bits per heavy atom. The van der Waals surface area contributed by atoms with Crippen molar-refractivity contribution in [2.45, 2.75) is 31.9 Å². The average Bonchev–Trinajstić information content (AvgIpc) is 3.31. The van der Waals surface area contributed by atoms with E-state index < -0.39 is 22.1 Å². The Hall–Kier alpha value is -3.75. The molecule has 1 aromatic heterocycles. The molecule has 2 heterocycles. The van der Waals surface area contributed by atoms with Gasteiger partial charge in [0.2, 0.25) is 15.8 Å². The van der Waals surface area contributed by atoms with E-state index in [-0.39, 0.29) is 17.5 Å². The highest BCUT2D eigenvalue weighted by atomic mass is 32.2. The van der Waals surface area contributed by atoms with E-state index in [1.807, 2.05) is 24.3 Å². The second kappa shape index (κ2) is 11.1. The summed E-state index contributed by atoms with van der Waals surface area (Å²) in [6.45, 7) is 3.20. The smallest absolute Gasteiger partial charge is 0.332 e. The largest absolute Gasteiger partial charge is 0.506 e. The van der Waals surface area contributed by atoms with Gasteiger partial charge in [-0.2, -0.15) is 0 Å². The van der Waals surface area contributed by atoms with Crippen molar-refractivity contribution in [2.75, 3.05) is 35.5 Å². The van der Waals surface area contributed by atoms with Gasteiger partial charge in [0, 0.05) is 43.9 Å². The standard InChI is InChI=1S/C23H29N7O6S/c1-15(31)36-30-23(25-27-28-30)16-3-6-19(7-4-16)29-11-9-18(10-12-29)24-14-22(33)17-5-8-21(32)20(13-17)26-37(2,34)35/h3-8,13,18,22,24,26,32-33H,9-12,14H2,1-2H3/t22-/m0/s1. The number of rotatable bonds is 9. The molecule has 198 valence electrons.